The van der Waals surface area contributed by atoms with E-state index in [-0.39, 0.29) is 0 Å². The van der Waals surface area contributed by atoms with Crippen LogP contribution in [0.2, 0.25) is 0 Å². The number of unbranched alkanes of at least 4 members (excludes halogenated alkanes) is 26. The first-order chi connectivity index (χ1) is 19.8. The van der Waals surface area contributed by atoms with Crippen LogP contribution in [-0.4, -0.2) is 29.1 Å². The molecule has 238 valence electrons. The molecular formula is C38H76N2. The lowest BCUT2D eigenvalue weighted by atomic mass is 10.0. The van der Waals surface area contributed by atoms with Gasteiger partial charge in [0.05, 0.1) is 0 Å². The van der Waals surface area contributed by atoms with E-state index in [4.69, 9.17) is 0 Å². The molecule has 0 aromatic rings. The lowest BCUT2D eigenvalue weighted by molar-refractivity contribution is 0.136. The van der Waals surface area contributed by atoms with Crippen molar-refractivity contribution in [1.29, 1.82) is 0 Å². The third kappa shape index (κ3) is 22.0. The molecule has 0 aromatic heterocycles. The Labute approximate surface area is 254 Å². The van der Waals surface area contributed by atoms with Gasteiger partial charge in [0.1, 0.15) is 6.17 Å². The smallest absolute Gasteiger partial charge is 0.101 e. The Morgan fingerprint density at radius 1 is 0.325 bits per heavy atom. The molecular weight excluding hydrogens is 484 g/mol. The van der Waals surface area contributed by atoms with Gasteiger partial charge in [-0.05, 0) is 25.7 Å². The summed E-state index contributed by atoms with van der Waals surface area (Å²) in [4.78, 5) is 5.35. The highest BCUT2D eigenvalue weighted by atomic mass is 15.4. The Morgan fingerprint density at radius 3 is 0.950 bits per heavy atom. The molecule has 1 rings (SSSR count). The van der Waals surface area contributed by atoms with Gasteiger partial charge in [-0.15, -0.1) is 0 Å². The highest BCUT2D eigenvalue weighted by Gasteiger charge is 2.24. The molecule has 1 aliphatic rings. The van der Waals surface area contributed by atoms with Crippen molar-refractivity contribution < 1.29 is 0 Å². The van der Waals surface area contributed by atoms with Crippen molar-refractivity contribution in [2.24, 2.45) is 0 Å². The topological polar surface area (TPSA) is 6.48 Å². The van der Waals surface area contributed by atoms with Gasteiger partial charge in [-0.25, -0.2) is 0 Å². The van der Waals surface area contributed by atoms with Crippen LogP contribution in [0.1, 0.15) is 213 Å². The number of hydrogen-bond acceptors (Lipinski definition) is 2. The van der Waals surface area contributed by atoms with Crippen LogP contribution in [0.4, 0.5) is 0 Å². The molecule has 1 unspecified atom stereocenters. The highest BCUT2D eigenvalue weighted by Crippen LogP contribution is 2.24. The molecule has 2 nitrogen and oxygen atoms in total. The van der Waals surface area contributed by atoms with Gasteiger partial charge in [0, 0.05) is 25.5 Å². The molecule has 0 aromatic carbocycles. The second-order valence-corrected chi connectivity index (χ2v) is 13.2. The van der Waals surface area contributed by atoms with Crippen molar-refractivity contribution in [2.45, 2.75) is 220 Å². The fourth-order valence-corrected chi connectivity index (χ4v) is 6.51. The quantitative estimate of drug-likeness (QED) is 0.0755. The van der Waals surface area contributed by atoms with E-state index in [1.807, 2.05) is 0 Å². The van der Waals surface area contributed by atoms with Crippen LogP contribution >= 0.6 is 0 Å². The lowest BCUT2D eigenvalue weighted by Gasteiger charge is -2.33. The summed E-state index contributed by atoms with van der Waals surface area (Å²) in [6, 6.07) is 0. The average Bonchev–Trinajstić information content (AvgIpc) is 3.35. The number of nitrogens with zero attached hydrogens (tertiary/aromatic N) is 2. The number of hydrogen-bond donors (Lipinski definition) is 0. The fraction of sp³-hybridized carbons (Fsp3) is 0.947. The Hall–Kier alpha value is -0.660. The summed E-state index contributed by atoms with van der Waals surface area (Å²) >= 11 is 0. The number of rotatable bonds is 32. The SMILES string of the molecule is CCCCCCCCCCCCCCCCCCCN1C=CN(CCCC)C1CCCCCCCCCCCC. The van der Waals surface area contributed by atoms with Crippen LogP contribution in [0, 0.1) is 0 Å². The van der Waals surface area contributed by atoms with Crippen LogP contribution in [0.25, 0.3) is 0 Å². The van der Waals surface area contributed by atoms with Gasteiger partial charge in [-0.1, -0.05) is 188 Å². The Morgan fingerprint density at radius 2 is 0.600 bits per heavy atom. The van der Waals surface area contributed by atoms with E-state index < -0.39 is 0 Å². The molecule has 0 aliphatic carbocycles. The third-order valence-electron chi connectivity index (χ3n) is 9.32. The molecule has 0 saturated heterocycles. The van der Waals surface area contributed by atoms with Crippen molar-refractivity contribution in [3.05, 3.63) is 12.4 Å². The van der Waals surface area contributed by atoms with Gasteiger partial charge in [-0.2, -0.15) is 0 Å². The molecule has 0 N–H and O–H groups in total. The molecule has 1 heterocycles. The largest absolute Gasteiger partial charge is 0.356 e. The lowest BCUT2D eigenvalue weighted by Crippen LogP contribution is -2.39. The van der Waals surface area contributed by atoms with Crippen LogP contribution in [0.15, 0.2) is 12.4 Å². The van der Waals surface area contributed by atoms with E-state index in [9.17, 15) is 0 Å². The first-order valence-electron chi connectivity index (χ1n) is 19.0. The summed E-state index contributed by atoms with van der Waals surface area (Å²) in [6.07, 6.45) is 48.5. The average molecular weight is 561 g/mol. The zero-order chi connectivity index (χ0) is 28.8. The standard InChI is InChI=1S/C38H76N2/c1-4-7-10-12-14-16-18-19-20-21-22-23-24-26-28-30-32-35-40-37-36-39(34-9-6-3)38(40)33-31-29-27-25-17-15-13-11-8-5-2/h36-38H,4-35H2,1-3H3. The first kappa shape index (κ1) is 37.4. The monoisotopic (exact) mass is 561 g/mol. The Balaban J connectivity index is 2.01. The van der Waals surface area contributed by atoms with Gasteiger partial charge < -0.3 is 9.80 Å². The summed E-state index contributed by atoms with van der Waals surface area (Å²) < 4.78 is 0. The minimum absolute atomic E-state index is 0.640. The minimum atomic E-state index is 0.640. The van der Waals surface area contributed by atoms with Gasteiger partial charge in [0.2, 0.25) is 0 Å². The molecule has 0 saturated carbocycles. The summed E-state index contributed by atoms with van der Waals surface area (Å²) in [5.74, 6) is 0. The van der Waals surface area contributed by atoms with E-state index in [1.165, 1.54) is 206 Å². The van der Waals surface area contributed by atoms with Crippen LogP contribution < -0.4 is 0 Å². The van der Waals surface area contributed by atoms with Gasteiger partial charge >= 0.3 is 0 Å². The Bertz CT molecular complexity index is 516. The highest BCUT2D eigenvalue weighted by molar-refractivity contribution is 4.96. The maximum Gasteiger partial charge on any atom is 0.101 e. The van der Waals surface area contributed by atoms with Crippen molar-refractivity contribution >= 4 is 0 Å². The predicted octanol–water partition coefficient (Wildman–Crippen LogP) is 13.2. The fourth-order valence-electron chi connectivity index (χ4n) is 6.51. The van der Waals surface area contributed by atoms with Crippen LogP contribution in [0.3, 0.4) is 0 Å². The molecule has 1 aliphatic heterocycles. The third-order valence-corrected chi connectivity index (χ3v) is 9.32. The van der Waals surface area contributed by atoms with Crippen LogP contribution in [-0.2, 0) is 0 Å². The maximum atomic E-state index is 2.69. The summed E-state index contributed by atoms with van der Waals surface area (Å²) in [5, 5.41) is 0. The van der Waals surface area contributed by atoms with E-state index in [0.29, 0.717) is 6.17 Å². The van der Waals surface area contributed by atoms with E-state index in [0.717, 1.165) is 0 Å². The molecule has 0 spiro atoms. The zero-order valence-electron chi connectivity index (χ0n) is 28.3. The molecule has 0 fully saturated rings. The second kappa shape index (κ2) is 29.8. The van der Waals surface area contributed by atoms with Crippen molar-refractivity contribution in [3.8, 4) is 0 Å². The van der Waals surface area contributed by atoms with E-state index in [2.05, 4.69) is 43.0 Å². The van der Waals surface area contributed by atoms with Crippen molar-refractivity contribution in [1.82, 2.24) is 9.80 Å². The van der Waals surface area contributed by atoms with E-state index in [1.54, 1.807) is 0 Å². The molecule has 0 amide bonds. The van der Waals surface area contributed by atoms with Gasteiger partial charge in [0.15, 0.2) is 0 Å². The van der Waals surface area contributed by atoms with Gasteiger partial charge in [-0.3, -0.25) is 0 Å². The normalized spacial score (nSPS) is 15.1. The maximum absolute atomic E-state index is 2.69. The van der Waals surface area contributed by atoms with Crippen molar-refractivity contribution in [2.75, 3.05) is 13.1 Å². The van der Waals surface area contributed by atoms with Gasteiger partial charge in [0.25, 0.3) is 0 Å². The molecule has 0 bridgehead atoms. The predicted molar refractivity (Wildman–Crippen MR) is 182 cm³/mol. The Kier molecular flexibility index (Phi) is 27.9. The summed E-state index contributed by atoms with van der Waals surface area (Å²) in [7, 11) is 0. The summed E-state index contributed by atoms with van der Waals surface area (Å²) in [6.45, 7) is 9.45. The van der Waals surface area contributed by atoms with Crippen LogP contribution in [0.5, 0.6) is 0 Å². The molecule has 0 radical (unpaired) electrons. The molecule has 2 heteroatoms. The molecule has 40 heavy (non-hydrogen) atoms. The minimum Gasteiger partial charge on any atom is -0.356 e. The van der Waals surface area contributed by atoms with Crippen molar-refractivity contribution in [3.63, 3.8) is 0 Å². The van der Waals surface area contributed by atoms with E-state index >= 15 is 0 Å². The summed E-state index contributed by atoms with van der Waals surface area (Å²) in [5.41, 5.74) is 0. The zero-order valence-corrected chi connectivity index (χ0v) is 28.3. The molecule has 1 atom stereocenters. The second-order valence-electron chi connectivity index (χ2n) is 13.2. The first-order valence-corrected chi connectivity index (χ1v) is 19.0.